The first kappa shape index (κ1) is 38.7. The molecular weight excluding hydrogens is 652 g/mol. The van der Waals surface area contributed by atoms with Crippen molar-refractivity contribution in [2.24, 2.45) is 0 Å². The van der Waals surface area contributed by atoms with E-state index < -0.39 is 41.4 Å². The van der Waals surface area contributed by atoms with Crippen molar-refractivity contribution in [3.8, 4) is 11.5 Å². The van der Waals surface area contributed by atoms with Gasteiger partial charge in [-0.2, -0.15) is 13.2 Å². The lowest BCUT2D eigenvalue weighted by Crippen LogP contribution is -2.38. The lowest BCUT2D eigenvalue weighted by Gasteiger charge is -2.32. The monoisotopic (exact) mass is 690 g/mol. The van der Waals surface area contributed by atoms with Crippen LogP contribution in [-0.2, 0) is 19.1 Å². The maximum atomic E-state index is 14.0. The van der Waals surface area contributed by atoms with Crippen LogP contribution in [0.5, 0.6) is 11.5 Å². The molecule has 14 heteroatoms. The molecular formula is C32H39Cl2F3N2O7. The molecule has 2 unspecified atom stereocenters. The molecule has 2 atom stereocenters. The van der Waals surface area contributed by atoms with Crippen molar-refractivity contribution in [3.05, 3.63) is 81.7 Å². The number of carbonyl (C=O) groups is 2. The first-order valence-electron chi connectivity index (χ1n) is 14.4. The van der Waals surface area contributed by atoms with Gasteiger partial charge in [0.15, 0.2) is 11.5 Å². The number of hydrogen-bond acceptors (Lipinski definition) is 9. The van der Waals surface area contributed by atoms with Crippen molar-refractivity contribution < 1.29 is 46.8 Å². The molecule has 0 amide bonds. The molecule has 2 aromatic rings. The number of carbonyl (C=O) groups excluding carboxylic acids is 2. The predicted molar refractivity (Wildman–Crippen MR) is 169 cm³/mol. The van der Waals surface area contributed by atoms with E-state index in [9.17, 15) is 27.9 Å². The van der Waals surface area contributed by atoms with Crippen LogP contribution in [0, 0.1) is 0 Å². The summed E-state index contributed by atoms with van der Waals surface area (Å²) in [4.78, 5) is 25.9. The molecule has 1 heterocycles. The van der Waals surface area contributed by atoms with Crippen LogP contribution in [0.4, 0.5) is 13.2 Å². The number of alkyl halides is 3. The van der Waals surface area contributed by atoms with Crippen LogP contribution in [-0.4, -0.2) is 69.8 Å². The molecule has 2 aromatic carbocycles. The number of unbranched alkanes of at least 4 members (excludes halogenated alkanes) is 3. The SMILES string of the molecule is COC(=O)C1=C(C(F)(F)F)NC(C)=C(C(=O)OCCCCCCNCC(O)COc2ccccc2OC)C1c1cccc(Cl)c1.Cl. The number of hydrogen-bond donors (Lipinski definition) is 3. The zero-order valence-electron chi connectivity index (χ0n) is 25.7. The van der Waals surface area contributed by atoms with E-state index in [-0.39, 0.29) is 47.5 Å². The van der Waals surface area contributed by atoms with E-state index >= 15 is 0 Å². The molecule has 9 nitrogen and oxygen atoms in total. The fourth-order valence-corrected chi connectivity index (χ4v) is 5.07. The predicted octanol–water partition coefficient (Wildman–Crippen LogP) is 5.85. The van der Waals surface area contributed by atoms with Gasteiger partial charge in [-0.25, -0.2) is 9.59 Å². The minimum absolute atomic E-state index is 0. The Morgan fingerprint density at radius 1 is 1.00 bits per heavy atom. The van der Waals surface area contributed by atoms with Crippen LogP contribution in [0.25, 0.3) is 0 Å². The van der Waals surface area contributed by atoms with Gasteiger partial charge in [-0.05, 0) is 56.1 Å². The van der Waals surface area contributed by atoms with E-state index in [4.69, 9.17) is 30.5 Å². The lowest BCUT2D eigenvalue weighted by molar-refractivity contribution is -0.140. The Kier molecular flexibility index (Phi) is 15.7. The van der Waals surface area contributed by atoms with Crippen molar-refractivity contribution in [3.63, 3.8) is 0 Å². The number of ether oxygens (including phenoxy) is 4. The highest BCUT2D eigenvalue weighted by Crippen LogP contribution is 2.43. The number of nitrogens with one attached hydrogen (secondary N) is 2. The Hall–Kier alpha value is -3.45. The Labute approximate surface area is 277 Å². The Morgan fingerprint density at radius 3 is 2.35 bits per heavy atom. The molecule has 0 aromatic heterocycles. The molecule has 1 aliphatic heterocycles. The second-order valence-electron chi connectivity index (χ2n) is 10.3. The van der Waals surface area contributed by atoms with Gasteiger partial charge in [-0.3, -0.25) is 0 Å². The van der Waals surface area contributed by atoms with E-state index in [1.54, 1.807) is 19.2 Å². The zero-order chi connectivity index (χ0) is 33.0. The van der Waals surface area contributed by atoms with E-state index in [0.717, 1.165) is 26.4 Å². The van der Waals surface area contributed by atoms with Crippen LogP contribution >= 0.6 is 24.0 Å². The topological polar surface area (TPSA) is 115 Å². The number of rotatable bonds is 16. The van der Waals surface area contributed by atoms with Gasteiger partial charge >= 0.3 is 18.1 Å². The quantitative estimate of drug-likeness (QED) is 0.147. The minimum Gasteiger partial charge on any atom is -0.493 e. The molecule has 0 bridgehead atoms. The molecule has 0 saturated heterocycles. The number of aliphatic hydroxyl groups excluding tert-OH is 1. The molecule has 3 N–H and O–H groups in total. The second-order valence-corrected chi connectivity index (χ2v) is 10.7. The fourth-order valence-electron chi connectivity index (χ4n) is 4.87. The Bertz CT molecular complexity index is 1390. The summed E-state index contributed by atoms with van der Waals surface area (Å²) >= 11 is 6.11. The van der Waals surface area contributed by atoms with Gasteiger partial charge in [-0.15, -0.1) is 12.4 Å². The standard InChI is InChI=1S/C32H38ClF3N2O7.ClH/c1-20-26(27(21-11-10-12-22(33)17-21)28(30(40)43-3)29(38-20)32(34,35)36)31(41)44-16-9-5-4-8-15-37-18-23(39)19-45-25-14-7-6-13-24(25)42-2;/h6-7,10-14,17,23,27,37-39H,4-5,8-9,15-16,18-19H2,1-3H3;1H. The van der Waals surface area contributed by atoms with Gasteiger partial charge in [0.05, 0.1) is 37.9 Å². The van der Waals surface area contributed by atoms with Gasteiger partial charge in [-0.1, -0.05) is 48.7 Å². The van der Waals surface area contributed by atoms with Gasteiger partial charge in [0.1, 0.15) is 18.4 Å². The smallest absolute Gasteiger partial charge is 0.431 e. The number of allylic oxidation sites excluding steroid dienone is 2. The summed E-state index contributed by atoms with van der Waals surface area (Å²) in [6, 6.07) is 13.1. The Balaban J connectivity index is 0.00000736. The van der Waals surface area contributed by atoms with Crippen molar-refractivity contribution in [2.75, 3.05) is 40.5 Å². The van der Waals surface area contributed by atoms with Crippen molar-refractivity contribution in [1.82, 2.24) is 10.6 Å². The van der Waals surface area contributed by atoms with Gasteiger partial charge < -0.3 is 34.7 Å². The van der Waals surface area contributed by atoms with E-state index in [0.29, 0.717) is 31.0 Å². The summed E-state index contributed by atoms with van der Waals surface area (Å²) in [5, 5.41) is 15.8. The number of halogens is 5. The lowest BCUT2D eigenvalue weighted by atomic mass is 9.80. The number of esters is 2. The average Bonchev–Trinajstić information content (AvgIpc) is 3.01. The summed E-state index contributed by atoms with van der Waals surface area (Å²) in [5.74, 6) is -2.35. The summed E-state index contributed by atoms with van der Waals surface area (Å²) in [7, 11) is 2.52. The zero-order valence-corrected chi connectivity index (χ0v) is 27.3. The average molecular weight is 692 g/mol. The third kappa shape index (κ3) is 10.8. The number of aliphatic hydroxyl groups is 1. The molecule has 1 aliphatic rings. The molecule has 0 saturated carbocycles. The van der Waals surface area contributed by atoms with E-state index in [1.165, 1.54) is 31.2 Å². The molecule has 0 radical (unpaired) electrons. The second kappa shape index (κ2) is 18.6. The van der Waals surface area contributed by atoms with Crippen molar-refractivity contribution in [2.45, 2.75) is 50.8 Å². The maximum absolute atomic E-state index is 14.0. The molecule has 3 rings (SSSR count). The highest BCUT2D eigenvalue weighted by Gasteiger charge is 2.47. The fraction of sp³-hybridized carbons (Fsp3) is 0.438. The number of benzene rings is 2. The summed E-state index contributed by atoms with van der Waals surface area (Å²) in [6.45, 7) is 2.48. The summed E-state index contributed by atoms with van der Waals surface area (Å²) < 4.78 is 63.0. The number of para-hydroxylation sites is 2. The first-order valence-corrected chi connectivity index (χ1v) is 14.8. The third-order valence-electron chi connectivity index (χ3n) is 7.02. The van der Waals surface area contributed by atoms with E-state index in [2.05, 4.69) is 10.6 Å². The number of methoxy groups -OCH3 is 2. The first-order chi connectivity index (χ1) is 21.5. The maximum Gasteiger partial charge on any atom is 0.431 e. The Morgan fingerprint density at radius 2 is 1.70 bits per heavy atom. The minimum atomic E-state index is -4.92. The third-order valence-corrected chi connectivity index (χ3v) is 7.25. The van der Waals surface area contributed by atoms with Crippen molar-refractivity contribution in [1.29, 1.82) is 0 Å². The van der Waals surface area contributed by atoms with Crippen LogP contribution in [0.15, 0.2) is 71.1 Å². The largest absolute Gasteiger partial charge is 0.493 e. The molecule has 254 valence electrons. The van der Waals surface area contributed by atoms with Gasteiger partial charge in [0.25, 0.3) is 0 Å². The summed E-state index contributed by atoms with van der Waals surface area (Å²) in [5.41, 5.74) is -2.08. The highest BCUT2D eigenvalue weighted by molar-refractivity contribution is 6.30. The van der Waals surface area contributed by atoms with Crippen LogP contribution in [0.1, 0.15) is 44.1 Å². The van der Waals surface area contributed by atoms with Crippen molar-refractivity contribution >= 4 is 35.9 Å². The normalized spacial score (nSPS) is 15.4. The van der Waals surface area contributed by atoms with Gasteiger partial charge in [0.2, 0.25) is 0 Å². The van der Waals surface area contributed by atoms with Crippen LogP contribution < -0.4 is 20.1 Å². The van der Waals surface area contributed by atoms with Crippen LogP contribution in [0.3, 0.4) is 0 Å². The van der Waals surface area contributed by atoms with E-state index in [1.807, 2.05) is 12.1 Å². The molecule has 0 spiro atoms. The van der Waals surface area contributed by atoms with Crippen LogP contribution in [0.2, 0.25) is 5.02 Å². The molecule has 0 aliphatic carbocycles. The summed E-state index contributed by atoms with van der Waals surface area (Å²) in [6.07, 6.45) is -2.75. The molecule has 0 fully saturated rings. The molecule has 46 heavy (non-hydrogen) atoms. The number of dihydropyridines is 1. The highest BCUT2D eigenvalue weighted by atomic mass is 35.5. The van der Waals surface area contributed by atoms with Gasteiger partial charge in [0, 0.05) is 17.3 Å².